The van der Waals surface area contributed by atoms with E-state index < -0.39 is 0 Å². The van der Waals surface area contributed by atoms with E-state index in [1.165, 1.54) is 0 Å². The number of nitrogens with zero attached hydrogens (tertiary/aromatic N) is 2. The normalized spacial score (nSPS) is 11.8. The molecule has 1 amide bonds. The van der Waals surface area contributed by atoms with Gasteiger partial charge in [0, 0.05) is 23.6 Å². The summed E-state index contributed by atoms with van der Waals surface area (Å²) in [6.45, 7) is 1.78. The van der Waals surface area contributed by atoms with Gasteiger partial charge < -0.3 is 11.1 Å². The second-order valence-corrected chi connectivity index (χ2v) is 4.53. The van der Waals surface area contributed by atoms with E-state index in [4.69, 9.17) is 18.0 Å². The maximum Gasteiger partial charge on any atom is 0.248 e. The highest BCUT2D eigenvalue weighted by Crippen LogP contribution is 2.12. The largest absolute Gasteiger partial charge is 0.389 e. The summed E-state index contributed by atoms with van der Waals surface area (Å²) in [4.78, 5) is 12.3. The number of benzene rings is 1. The van der Waals surface area contributed by atoms with Crippen molar-refractivity contribution in [1.82, 2.24) is 9.78 Å². The highest BCUT2D eigenvalue weighted by atomic mass is 32.1. The number of carbonyl (C=O) groups excluding carboxylic acids is 1. The first kappa shape index (κ1) is 13.2. The molecule has 0 radical (unpaired) electrons. The first-order chi connectivity index (χ1) is 9.08. The van der Waals surface area contributed by atoms with Crippen LogP contribution in [-0.2, 0) is 4.79 Å². The van der Waals surface area contributed by atoms with E-state index in [-0.39, 0.29) is 11.9 Å². The molecule has 98 valence electrons. The zero-order chi connectivity index (χ0) is 13.8. The van der Waals surface area contributed by atoms with Crippen LogP contribution in [0, 0.1) is 0 Å². The Morgan fingerprint density at radius 1 is 1.42 bits per heavy atom. The van der Waals surface area contributed by atoms with Crippen molar-refractivity contribution < 1.29 is 4.79 Å². The van der Waals surface area contributed by atoms with Gasteiger partial charge in [-0.05, 0) is 37.3 Å². The van der Waals surface area contributed by atoms with Crippen LogP contribution in [0.25, 0.3) is 0 Å². The molecule has 5 nitrogen and oxygen atoms in total. The lowest BCUT2D eigenvalue weighted by Crippen LogP contribution is -2.24. The van der Waals surface area contributed by atoms with Crippen LogP contribution < -0.4 is 11.1 Å². The van der Waals surface area contributed by atoms with Gasteiger partial charge >= 0.3 is 0 Å². The van der Waals surface area contributed by atoms with Crippen LogP contribution in [0.1, 0.15) is 18.5 Å². The van der Waals surface area contributed by atoms with Gasteiger partial charge in [0.15, 0.2) is 0 Å². The summed E-state index contributed by atoms with van der Waals surface area (Å²) in [5.41, 5.74) is 6.98. The van der Waals surface area contributed by atoms with Crippen molar-refractivity contribution >= 4 is 28.8 Å². The molecular formula is C13H14N4OS. The molecule has 0 saturated heterocycles. The summed E-state index contributed by atoms with van der Waals surface area (Å²) in [7, 11) is 0. The van der Waals surface area contributed by atoms with Gasteiger partial charge in [-0.1, -0.05) is 12.2 Å². The maximum absolute atomic E-state index is 12.0. The summed E-state index contributed by atoms with van der Waals surface area (Å²) >= 11 is 4.87. The minimum absolute atomic E-state index is 0.133. The topological polar surface area (TPSA) is 72.9 Å². The molecule has 0 aliphatic rings. The van der Waals surface area contributed by atoms with Crippen LogP contribution in [0.3, 0.4) is 0 Å². The van der Waals surface area contributed by atoms with Crippen molar-refractivity contribution in [3.63, 3.8) is 0 Å². The lowest BCUT2D eigenvalue weighted by Gasteiger charge is -2.12. The fraction of sp³-hybridized carbons (Fsp3) is 0.154. The third kappa shape index (κ3) is 3.17. The number of thiocarbonyl (C=S) groups is 1. The van der Waals surface area contributed by atoms with Crippen LogP contribution >= 0.6 is 12.2 Å². The predicted molar refractivity (Wildman–Crippen MR) is 77.9 cm³/mol. The Morgan fingerprint density at radius 2 is 2.11 bits per heavy atom. The average Bonchev–Trinajstić information content (AvgIpc) is 2.92. The van der Waals surface area contributed by atoms with Crippen LogP contribution in [0.15, 0.2) is 42.7 Å². The molecule has 2 rings (SSSR count). The molecule has 6 heteroatoms. The Hall–Kier alpha value is -2.21. The number of nitrogens with one attached hydrogen (secondary N) is 1. The fourth-order valence-electron chi connectivity index (χ4n) is 1.59. The molecule has 0 fully saturated rings. The molecular weight excluding hydrogens is 260 g/mol. The van der Waals surface area contributed by atoms with Crippen molar-refractivity contribution in [1.29, 1.82) is 0 Å². The van der Waals surface area contributed by atoms with Gasteiger partial charge in [-0.2, -0.15) is 5.10 Å². The highest BCUT2D eigenvalue weighted by Gasteiger charge is 2.14. The van der Waals surface area contributed by atoms with Crippen molar-refractivity contribution in [2.45, 2.75) is 13.0 Å². The first-order valence-corrected chi connectivity index (χ1v) is 6.18. The predicted octanol–water partition coefficient (Wildman–Crippen LogP) is 1.72. The number of nitrogens with two attached hydrogens (primary N) is 1. The number of aromatic nitrogens is 2. The molecule has 1 heterocycles. The quantitative estimate of drug-likeness (QED) is 0.833. The minimum Gasteiger partial charge on any atom is -0.389 e. The number of hydrogen-bond donors (Lipinski definition) is 2. The summed E-state index contributed by atoms with van der Waals surface area (Å²) in [6, 6.07) is 8.49. The highest BCUT2D eigenvalue weighted by molar-refractivity contribution is 7.80. The van der Waals surface area contributed by atoms with Crippen LogP contribution in [-0.4, -0.2) is 20.7 Å². The number of hydrogen-bond acceptors (Lipinski definition) is 3. The zero-order valence-corrected chi connectivity index (χ0v) is 11.2. The molecule has 1 aromatic carbocycles. The number of carbonyl (C=O) groups is 1. The molecule has 0 spiro atoms. The van der Waals surface area contributed by atoms with Crippen molar-refractivity contribution in [2.75, 3.05) is 5.32 Å². The van der Waals surface area contributed by atoms with Crippen molar-refractivity contribution in [2.24, 2.45) is 5.73 Å². The van der Waals surface area contributed by atoms with Crippen molar-refractivity contribution in [3.8, 4) is 0 Å². The van der Waals surface area contributed by atoms with Crippen LogP contribution in [0.2, 0.25) is 0 Å². The lowest BCUT2D eigenvalue weighted by molar-refractivity contribution is -0.119. The third-order valence-corrected chi connectivity index (χ3v) is 2.97. The first-order valence-electron chi connectivity index (χ1n) is 5.78. The number of amides is 1. The van der Waals surface area contributed by atoms with Gasteiger partial charge in [0.2, 0.25) is 5.91 Å². The van der Waals surface area contributed by atoms with E-state index in [9.17, 15) is 4.79 Å². The molecule has 1 atom stereocenters. The van der Waals surface area contributed by atoms with E-state index in [2.05, 4.69) is 10.4 Å². The van der Waals surface area contributed by atoms with Crippen LogP contribution in [0.5, 0.6) is 0 Å². The number of rotatable bonds is 4. The smallest absolute Gasteiger partial charge is 0.248 e. The molecule has 1 aromatic heterocycles. The Labute approximate surface area is 116 Å². The summed E-state index contributed by atoms with van der Waals surface area (Å²) < 4.78 is 1.60. The average molecular weight is 274 g/mol. The second kappa shape index (κ2) is 5.62. The van der Waals surface area contributed by atoms with Gasteiger partial charge in [-0.25, -0.2) is 0 Å². The Bertz CT molecular complexity index is 577. The molecule has 0 aliphatic heterocycles. The summed E-state index contributed by atoms with van der Waals surface area (Å²) in [5.74, 6) is -0.133. The second-order valence-electron chi connectivity index (χ2n) is 4.09. The van der Waals surface area contributed by atoms with E-state index >= 15 is 0 Å². The standard InChI is InChI=1S/C13H14N4OS/c1-9(17-8-2-7-15-17)13(18)16-11-5-3-10(4-6-11)12(14)19/h2-9H,1H3,(H2,14,19)(H,16,18). The van der Waals surface area contributed by atoms with Gasteiger partial charge in [0.25, 0.3) is 0 Å². The molecule has 3 N–H and O–H groups in total. The van der Waals surface area contributed by atoms with Gasteiger partial charge in [-0.3, -0.25) is 9.48 Å². The maximum atomic E-state index is 12.0. The zero-order valence-electron chi connectivity index (χ0n) is 10.4. The Morgan fingerprint density at radius 3 is 2.63 bits per heavy atom. The minimum atomic E-state index is -0.370. The van der Waals surface area contributed by atoms with Gasteiger partial charge in [-0.15, -0.1) is 0 Å². The van der Waals surface area contributed by atoms with E-state index in [0.717, 1.165) is 5.56 Å². The van der Waals surface area contributed by atoms with Gasteiger partial charge in [0.05, 0.1) is 0 Å². The molecule has 19 heavy (non-hydrogen) atoms. The van der Waals surface area contributed by atoms with E-state index in [1.807, 2.05) is 0 Å². The van der Waals surface area contributed by atoms with E-state index in [1.54, 1.807) is 54.3 Å². The summed E-state index contributed by atoms with van der Waals surface area (Å²) in [5, 5.41) is 6.85. The fourth-order valence-corrected chi connectivity index (χ4v) is 1.73. The molecule has 0 aliphatic carbocycles. The monoisotopic (exact) mass is 274 g/mol. The molecule has 0 saturated carbocycles. The molecule has 2 aromatic rings. The number of anilines is 1. The molecule has 0 bridgehead atoms. The molecule has 1 unspecified atom stereocenters. The Balaban J connectivity index is 2.04. The van der Waals surface area contributed by atoms with Crippen LogP contribution in [0.4, 0.5) is 5.69 Å². The SMILES string of the molecule is CC(C(=O)Nc1ccc(C(N)=S)cc1)n1cccn1. The van der Waals surface area contributed by atoms with E-state index in [0.29, 0.717) is 10.7 Å². The van der Waals surface area contributed by atoms with Gasteiger partial charge in [0.1, 0.15) is 11.0 Å². The van der Waals surface area contributed by atoms with Crippen molar-refractivity contribution in [3.05, 3.63) is 48.3 Å². The Kier molecular flexibility index (Phi) is 3.91. The third-order valence-electron chi connectivity index (χ3n) is 2.74. The lowest BCUT2D eigenvalue weighted by atomic mass is 10.2. The summed E-state index contributed by atoms with van der Waals surface area (Å²) in [6.07, 6.45) is 3.39.